The average molecular weight is 364 g/mol. The first-order valence-electron chi connectivity index (χ1n) is 9.32. The maximum absolute atomic E-state index is 12.4. The van der Waals surface area contributed by atoms with Gasteiger partial charge in [0.15, 0.2) is 0 Å². The molecule has 6 heteroatoms. The molecule has 0 spiro atoms. The molecule has 1 aromatic carbocycles. The van der Waals surface area contributed by atoms with Gasteiger partial charge in [0.2, 0.25) is 5.91 Å². The first-order valence-corrected chi connectivity index (χ1v) is 10.5. The van der Waals surface area contributed by atoms with Gasteiger partial charge in [-0.15, -0.1) is 0 Å². The highest BCUT2D eigenvalue weighted by molar-refractivity contribution is 7.99. The number of nitrogens with zero attached hydrogens (tertiary/aromatic N) is 2. The number of nitrogens with one attached hydrogen (secondary N) is 1. The van der Waals surface area contributed by atoms with E-state index in [0.29, 0.717) is 19.2 Å². The predicted molar refractivity (Wildman–Crippen MR) is 105 cm³/mol. The zero-order valence-electron chi connectivity index (χ0n) is 15.1. The van der Waals surface area contributed by atoms with E-state index in [9.17, 15) is 4.79 Å². The Bertz CT molecular complexity index is 555. The Morgan fingerprint density at radius 3 is 2.64 bits per heavy atom. The summed E-state index contributed by atoms with van der Waals surface area (Å²) in [5.41, 5.74) is 0.759. The van der Waals surface area contributed by atoms with E-state index < -0.39 is 0 Å². The second kappa shape index (κ2) is 9.46. The van der Waals surface area contributed by atoms with Gasteiger partial charge < -0.3 is 10.1 Å². The van der Waals surface area contributed by atoms with Gasteiger partial charge in [0, 0.05) is 43.7 Å². The second-order valence-corrected chi connectivity index (χ2v) is 7.86. The lowest BCUT2D eigenvalue weighted by Crippen LogP contribution is -2.49. The highest BCUT2D eigenvalue weighted by atomic mass is 32.2. The molecule has 0 radical (unpaired) electrons. The van der Waals surface area contributed by atoms with Gasteiger partial charge in [-0.25, -0.2) is 0 Å². The highest BCUT2D eigenvalue weighted by Crippen LogP contribution is 2.24. The van der Waals surface area contributed by atoms with Crippen molar-refractivity contribution in [1.29, 1.82) is 0 Å². The van der Waals surface area contributed by atoms with Crippen LogP contribution in [0, 0.1) is 0 Å². The van der Waals surface area contributed by atoms with Crippen LogP contribution in [0.4, 0.5) is 5.69 Å². The van der Waals surface area contributed by atoms with Crippen molar-refractivity contribution in [2.75, 3.05) is 56.2 Å². The Balaban J connectivity index is 1.45. The van der Waals surface area contributed by atoms with E-state index in [1.165, 1.54) is 37.4 Å². The van der Waals surface area contributed by atoms with Crippen molar-refractivity contribution < 1.29 is 9.53 Å². The molecule has 2 saturated heterocycles. The minimum Gasteiger partial charge on any atom is -0.492 e. The largest absolute Gasteiger partial charge is 0.492 e. The predicted octanol–water partition coefficient (Wildman–Crippen LogP) is 2.54. The molecule has 25 heavy (non-hydrogen) atoms. The minimum absolute atomic E-state index is 0.0416. The molecule has 1 N–H and O–H groups in total. The summed E-state index contributed by atoms with van der Waals surface area (Å²) in [6.45, 7) is 7.47. The summed E-state index contributed by atoms with van der Waals surface area (Å²) in [5, 5.41) is 3.00. The van der Waals surface area contributed by atoms with Crippen LogP contribution >= 0.6 is 11.8 Å². The Morgan fingerprint density at radius 2 is 1.92 bits per heavy atom. The number of carbonyl (C=O) groups excluding carboxylic acids is 1. The van der Waals surface area contributed by atoms with Crippen LogP contribution in [-0.2, 0) is 4.79 Å². The van der Waals surface area contributed by atoms with E-state index in [-0.39, 0.29) is 5.91 Å². The summed E-state index contributed by atoms with van der Waals surface area (Å²) >= 11 is 2.06. The van der Waals surface area contributed by atoms with Crippen molar-refractivity contribution in [1.82, 2.24) is 9.80 Å². The molecule has 2 fully saturated rings. The monoisotopic (exact) mass is 363 g/mol. The van der Waals surface area contributed by atoms with Gasteiger partial charge in [0.1, 0.15) is 5.75 Å². The average Bonchev–Trinajstić information content (AvgIpc) is 2.65. The number of thioether (sulfide) groups is 1. The molecule has 0 bridgehead atoms. The number of rotatable bonds is 6. The van der Waals surface area contributed by atoms with Crippen molar-refractivity contribution in [2.45, 2.75) is 25.8 Å². The minimum atomic E-state index is 0.0416. The molecule has 3 rings (SSSR count). The van der Waals surface area contributed by atoms with Gasteiger partial charge in [-0.05, 0) is 31.9 Å². The standard InChI is InChI=1S/C19H29N3O2S/c1-2-24-18-6-4-3-5-17(18)20-19(23)15-21-9-7-16(8-10-21)22-11-13-25-14-12-22/h3-6,16H,2,7-15H2,1H3,(H,20,23). The Morgan fingerprint density at radius 1 is 1.20 bits per heavy atom. The third kappa shape index (κ3) is 5.36. The lowest BCUT2D eigenvalue weighted by Gasteiger charge is -2.39. The normalized spacial score (nSPS) is 20.4. The summed E-state index contributed by atoms with van der Waals surface area (Å²) in [6.07, 6.45) is 2.35. The third-order valence-corrected chi connectivity index (χ3v) is 5.89. The van der Waals surface area contributed by atoms with Gasteiger partial charge in [-0.2, -0.15) is 11.8 Å². The van der Waals surface area contributed by atoms with E-state index in [2.05, 4.69) is 26.9 Å². The molecule has 0 aromatic heterocycles. The number of carbonyl (C=O) groups is 1. The van der Waals surface area contributed by atoms with Gasteiger partial charge >= 0.3 is 0 Å². The highest BCUT2D eigenvalue weighted by Gasteiger charge is 2.26. The van der Waals surface area contributed by atoms with E-state index in [1.807, 2.05) is 31.2 Å². The number of hydrogen-bond donors (Lipinski definition) is 1. The fourth-order valence-electron chi connectivity index (χ4n) is 3.63. The molecule has 5 nitrogen and oxygen atoms in total. The molecule has 2 aliphatic heterocycles. The van der Waals surface area contributed by atoms with Crippen LogP contribution in [0.5, 0.6) is 5.75 Å². The first kappa shape index (κ1) is 18.5. The lowest BCUT2D eigenvalue weighted by atomic mass is 10.0. The maximum atomic E-state index is 12.4. The number of amides is 1. The van der Waals surface area contributed by atoms with Crippen molar-refractivity contribution in [3.63, 3.8) is 0 Å². The van der Waals surface area contributed by atoms with E-state index in [4.69, 9.17) is 4.74 Å². The van der Waals surface area contributed by atoms with E-state index in [1.54, 1.807) is 0 Å². The van der Waals surface area contributed by atoms with Crippen molar-refractivity contribution >= 4 is 23.4 Å². The summed E-state index contributed by atoms with van der Waals surface area (Å²) in [6, 6.07) is 8.33. The SMILES string of the molecule is CCOc1ccccc1NC(=O)CN1CCC(N2CCSCC2)CC1. The summed E-state index contributed by atoms with van der Waals surface area (Å²) < 4.78 is 5.57. The van der Waals surface area contributed by atoms with Crippen LogP contribution in [0.3, 0.4) is 0 Å². The second-order valence-electron chi connectivity index (χ2n) is 6.63. The maximum Gasteiger partial charge on any atom is 0.238 e. The molecule has 1 amide bonds. The smallest absolute Gasteiger partial charge is 0.238 e. The quantitative estimate of drug-likeness (QED) is 0.841. The summed E-state index contributed by atoms with van der Waals surface area (Å²) in [7, 11) is 0. The van der Waals surface area contributed by atoms with Crippen LogP contribution in [0.25, 0.3) is 0 Å². The number of benzene rings is 1. The van der Waals surface area contributed by atoms with Crippen LogP contribution in [0.15, 0.2) is 24.3 Å². The number of ether oxygens (including phenoxy) is 1. The summed E-state index contributed by atoms with van der Waals surface area (Å²) in [5.74, 6) is 3.31. The van der Waals surface area contributed by atoms with Crippen LogP contribution < -0.4 is 10.1 Å². The Labute approximate surface area is 155 Å². The first-order chi connectivity index (χ1) is 12.3. The number of para-hydroxylation sites is 2. The molecule has 138 valence electrons. The molecule has 0 atom stereocenters. The zero-order valence-corrected chi connectivity index (χ0v) is 15.9. The van der Waals surface area contributed by atoms with Gasteiger partial charge in [-0.1, -0.05) is 12.1 Å². The molecular formula is C19H29N3O2S. The Hall–Kier alpha value is -1.24. The van der Waals surface area contributed by atoms with E-state index in [0.717, 1.165) is 24.5 Å². The van der Waals surface area contributed by atoms with Crippen molar-refractivity contribution in [3.8, 4) is 5.75 Å². The van der Waals surface area contributed by atoms with E-state index >= 15 is 0 Å². The van der Waals surface area contributed by atoms with Gasteiger partial charge in [0.25, 0.3) is 0 Å². The number of hydrogen-bond acceptors (Lipinski definition) is 5. The zero-order chi connectivity index (χ0) is 17.5. The van der Waals surface area contributed by atoms with Gasteiger partial charge in [-0.3, -0.25) is 14.6 Å². The molecule has 0 saturated carbocycles. The molecular weight excluding hydrogens is 334 g/mol. The van der Waals surface area contributed by atoms with Crippen LogP contribution in [0.1, 0.15) is 19.8 Å². The summed E-state index contributed by atoms with van der Waals surface area (Å²) in [4.78, 5) is 17.3. The Kier molecular flexibility index (Phi) is 7.02. The van der Waals surface area contributed by atoms with Crippen molar-refractivity contribution in [3.05, 3.63) is 24.3 Å². The number of piperidine rings is 1. The molecule has 2 heterocycles. The topological polar surface area (TPSA) is 44.8 Å². The molecule has 0 unspecified atom stereocenters. The fourth-order valence-corrected chi connectivity index (χ4v) is 4.56. The van der Waals surface area contributed by atoms with Gasteiger partial charge in [0.05, 0.1) is 18.8 Å². The lowest BCUT2D eigenvalue weighted by molar-refractivity contribution is -0.117. The van der Waals surface area contributed by atoms with Crippen molar-refractivity contribution in [2.24, 2.45) is 0 Å². The van der Waals surface area contributed by atoms with Crippen LogP contribution in [0.2, 0.25) is 0 Å². The molecule has 1 aromatic rings. The number of anilines is 1. The number of likely N-dealkylation sites (tertiary alicyclic amines) is 1. The molecule has 0 aliphatic carbocycles. The third-order valence-electron chi connectivity index (χ3n) is 4.95. The fraction of sp³-hybridized carbons (Fsp3) is 0.632. The molecule has 2 aliphatic rings. The van der Waals surface area contributed by atoms with Crippen LogP contribution in [-0.4, -0.2) is 72.6 Å².